The standard InChI is InChI=1S/C11H12N4OS2/c1-7-13-14-11(18-7)17-6-8-2-4-9(5-3-8)10(12)15-16/h2-5,16H,6H2,1H3,(H2,12,15). The van der Waals surface area contributed by atoms with Gasteiger partial charge in [-0.3, -0.25) is 0 Å². The normalized spacial score (nSPS) is 11.7. The summed E-state index contributed by atoms with van der Waals surface area (Å²) in [7, 11) is 0. The van der Waals surface area contributed by atoms with Gasteiger partial charge in [0.15, 0.2) is 10.2 Å². The van der Waals surface area contributed by atoms with Gasteiger partial charge >= 0.3 is 0 Å². The van der Waals surface area contributed by atoms with Crippen molar-refractivity contribution in [2.45, 2.75) is 17.0 Å². The highest BCUT2D eigenvalue weighted by atomic mass is 32.2. The van der Waals surface area contributed by atoms with Crippen LogP contribution in [0.1, 0.15) is 16.1 Å². The Morgan fingerprint density at radius 3 is 2.67 bits per heavy atom. The Morgan fingerprint density at radius 2 is 2.11 bits per heavy atom. The van der Waals surface area contributed by atoms with Crippen molar-refractivity contribution in [3.8, 4) is 0 Å². The fourth-order valence-electron chi connectivity index (χ4n) is 1.31. The summed E-state index contributed by atoms with van der Waals surface area (Å²) < 4.78 is 0.966. The first-order chi connectivity index (χ1) is 8.69. The van der Waals surface area contributed by atoms with Crippen molar-refractivity contribution in [1.82, 2.24) is 10.2 Å². The second-order valence-electron chi connectivity index (χ2n) is 3.56. The van der Waals surface area contributed by atoms with E-state index in [1.54, 1.807) is 23.1 Å². The molecule has 0 bridgehead atoms. The van der Waals surface area contributed by atoms with Crippen molar-refractivity contribution in [1.29, 1.82) is 0 Å². The van der Waals surface area contributed by atoms with Crippen molar-refractivity contribution in [3.05, 3.63) is 40.4 Å². The molecule has 18 heavy (non-hydrogen) atoms. The third-order valence-electron chi connectivity index (χ3n) is 2.23. The summed E-state index contributed by atoms with van der Waals surface area (Å²) >= 11 is 3.24. The molecule has 94 valence electrons. The number of benzene rings is 1. The first-order valence-corrected chi connectivity index (χ1v) is 6.99. The number of rotatable bonds is 4. The summed E-state index contributed by atoms with van der Waals surface area (Å²) in [6.45, 7) is 1.94. The molecule has 5 nitrogen and oxygen atoms in total. The number of nitrogens with zero attached hydrogens (tertiary/aromatic N) is 3. The molecule has 0 radical (unpaired) electrons. The van der Waals surface area contributed by atoms with Gasteiger partial charge in [0.25, 0.3) is 0 Å². The number of hydrogen-bond donors (Lipinski definition) is 2. The monoisotopic (exact) mass is 280 g/mol. The lowest BCUT2D eigenvalue weighted by Gasteiger charge is -2.01. The van der Waals surface area contributed by atoms with Crippen LogP contribution >= 0.6 is 23.1 Å². The molecule has 0 atom stereocenters. The molecule has 0 fully saturated rings. The van der Waals surface area contributed by atoms with E-state index in [1.807, 2.05) is 31.2 Å². The molecule has 0 saturated carbocycles. The molecule has 0 saturated heterocycles. The van der Waals surface area contributed by atoms with Gasteiger partial charge in [-0.2, -0.15) is 0 Å². The number of hydrogen-bond acceptors (Lipinski definition) is 6. The van der Waals surface area contributed by atoms with Crippen LogP contribution in [0.4, 0.5) is 0 Å². The van der Waals surface area contributed by atoms with E-state index in [2.05, 4.69) is 15.4 Å². The molecular weight excluding hydrogens is 268 g/mol. The highest BCUT2D eigenvalue weighted by Gasteiger charge is 2.03. The predicted molar refractivity (Wildman–Crippen MR) is 73.2 cm³/mol. The van der Waals surface area contributed by atoms with Crippen molar-refractivity contribution < 1.29 is 5.21 Å². The zero-order valence-electron chi connectivity index (χ0n) is 9.70. The van der Waals surface area contributed by atoms with Gasteiger partial charge in [-0.15, -0.1) is 10.2 Å². The van der Waals surface area contributed by atoms with Crippen LogP contribution in [0.5, 0.6) is 0 Å². The Hall–Kier alpha value is -1.60. The van der Waals surface area contributed by atoms with Crippen LogP contribution in [0.15, 0.2) is 33.8 Å². The summed E-state index contributed by atoms with van der Waals surface area (Å²) in [4.78, 5) is 0. The van der Waals surface area contributed by atoms with Crippen molar-refractivity contribution >= 4 is 28.9 Å². The molecule has 2 aromatic rings. The highest BCUT2D eigenvalue weighted by molar-refractivity contribution is 8.00. The number of nitrogens with two attached hydrogens (primary N) is 1. The van der Waals surface area contributed by atoms with Gasteiger partial charge in [-0.25, -0.2) is 0 Å². The number of amidine groups is 1. The second-order valence-corrected chi connectivity index (χ2v) is 5.96. The summed E-state index contributed by atoms with van der Waals surface area (Å²) in [6, 6.07) is 7.56. The van der Waals surface area contributed by atoms with E-state index >= 15 is 0 Å². The van der Waals surface area contributed by atoms with Crippen LogP contribution in [0.3, 0.4) is 0 Å². The SMILES string of the molecule is Cc1nnc(SCc2ccc(/C(N)=N/O)cc2)s1. The van der Waals surface area contributed by atoms with E-state index in [9.17, 15) is 0 Å². The zero-order chi connectivity index (χ0) is 13.0. The third kappa shape index (κ3) is 3.21. The van der Waals surface area contributed by atoms with Crippen molar-refractivity contribution in [2.24, 2.45) is 10.9 Å². The van der Waals surface area contributed by atoms with E-state index < -0.39 is 0 Å². The third-order valence-corrected chi connectivity index (χ3v) is 4.27. The fourth-order valence-corrected chi connectivity index (χ4v) is 3.08. The summed E-state index contributed by atoms with van der Waals surface area (Å²) in [5.41, 5.74) is 7.35. The molecule has 7 heteroatoms. The highest BCUT2D eigenvalue weighted by Crippen LogP contribution is 2.25. The molecule has 0 aliphatic rings. The molecule has 2 rings (SSSR count). The number of aromatic nitrogens is 2. The lowest BCUT2D eigenvalue weighted by Crippen LogP contribution is -2.12. The Balaban J connectivity index is 1.98. The summed E-state index contributed by atoms with van der Waals surface area (Å²) in [6.07, 6.45) is 0. The van der Waals surface area contributed by atoms with Gasteiger partial charge in [0.1, 0.15) is 5.01 Å². The Morgan fingerprint density at radius 1 is 1.39 bits per heavy atom. The lowest BCUT2D eigenvalue weighted by molar-refractivity contribution is 0.318. The molecule has 0 aliphatic carbocycles. The second kappa shape index (κ2) is 5.83. The Labute approximate surface area is 113 Å². The first kappa shape index (κ1) is 12.8. The van der Waals surface area contributed by atoms with Crippen LogP contribution in [0.25, 0.3) is 0 Å². The van der Waals surface area contributed by atoms with Crippen LogP contribution in [-0.2, 0) is 5.75 Å². The first-order valence-electron chi connectivity index (χ1n) is 5.19. The van der Waals surface area contributed by atoms with E-state index in [0.717, 1.165) is 20.7 Å². The van der Waals surface area contributed by atoms with Crippen LogP contribution in [0, 0.1) is 6.92 Å². The van der Waals surface area contributed by atoms with Gasteiger partial charge in [0.05, 0.1) is 0 Å². The molecule has 1 aromatic heterocycles. The van der Waals surface area contributed by atoms with E-state index in [4.69, 9.17) is 10.9 Å². The van der Waals surface area contributed by atoms with Crippen molar-refractivity contribution in [3.63, 3.8) is 0 Å². The molecule has 0 aliphatic heterocycles. The smallest absolute Gasteiger partial charge is 0.174 e. The molecule has 3 N–H and O–H groups in total. The molecule has 0 unspecified atom stereocenters. The van der Waals surface area contributed by atoms with Crippen molar-refractivity contribution in [2.75, 3.05) is 0 Å². The predicted octanol–water partition coefficient (Wildman–Crippen LogP) is 2.23. The van der Waals surface area contributed by atoms with Gasteiger partial charge < -0.3 is 10.9 Å². The van der Waals surface area contributed by atoms with E-state index in [1.165, 1.54) is 0 Å². The van der Waals surface area contributed by atoms with Gasteiger partial charge in [-0.1, -0.05) is 52.5 Å². The minimum Gasteiger partial charge on any atom is -0.409 e. The van der Waals surface area contributed by atoms with Gasteiger partial charge in [0, 0.05) is 11.3 Å². The van der Waals surface area contributed by atoms with Crippen LogP contribution < -0.4 is 5.73 Å². The average molecular weight is 280 g/mol. The van der Waals surface area contributed by atoms with Gasteiger partial charge in [-0.05, 0) is 12.5 Å². The fraction of sp³-hybridized carbons (Fsp3) is 0.182. The Kier molecular flexibility index (Phi) is 4.16. The lowest BCUT2D eigenvalue weighted by atomic mass is 10.1. The molecular formula is C11H12N4OS2. The largest absolute Gasteiger partial charge is 0.409 e. The zero-order valence-corrected chi connectivity index (χ0v) is 11.3. The average Bonchev–Trinajstić information content (AvgIpc) is 2.82. The maximum absolute atomic E-state index is 8.56. The molecule has 1 heterocycles. The molecule has 0 spiro atoms. The van der Waals surface area contributed by atoms with Crippen LogP contribution in [-0.4, -0.2) is 21.2 Å². The number of thioether (sulfide) groups is 1. The topological polar surface area (TPSA) is 84.4 Å². The minimum absolute atomic E-state index is 0.119. The summed E-state index contributed by atoms with van der Waals surface area (Å²) in [5.74, 6) is 0.944. The van der Waals surface area contributed by atoms with Gasteiger partial charge in [0.2, 0.25) is 0 Å². The van der Waals surface area contributed by atoms with Crippen LogP contribution in [0.2, 0.25) is 0 Å². The maximum atomic E-state index is 8.56. The Bertz CT molecular complexity index is 550. The van der Waals surface area contributed by atoms with E-state index in [0.29, 0.717) is 5.56 Å². The molecule has 0 amide bonds. The quantitative estimate of drug-likeness (QED) is 0.295. The maximum Gasteiger partial charge on any atom is 0.174 e. The number of aryl methyl sites for hydroxylation is 1. The van der Waals surface area contributed by atoms with E-state index in [-0.39, 0.29) is 5.84 Å². The molecule has 1 aromatic carbocycles. The minimum atomic E-state index is 0.119. The number of oxime groups is 1. The summed E-state index contributed by atoms with van der Waals surface area (Å²) in [5, 5.41) is 20.5.